The average molecular weight is 513 g/mol. The molecule has 8 heteroatoms. The molecule has 0 atom stereocenters. The van der Waals surface area contributed by atoms with E-state index in [1.54, 1.807) is 14.2 Å². The van der Waals surface area contributed by atoms with Crippen LogP contribution < -0.4 is 10.6 Å². The predicted octanol–water partition coefficient (Wildman–Crippen LogP) is 2.97. The van der Waals surface area contributed by atoms with Crippen LogP contribution in [0.2, 0.25) is 0 Å². The highest BCUT2D eigenvalue weighted by molar-refractivity contribution is 14.0. The third-order valence-corrected chi connectivity index (χ3v) is 5.31. The number of benzene rings is 1. The fraction of sp³-hybridized carbons (Fsp3) is 0.524. The van der Waals surface area contributed by atoms with Crippen molar-refractivity contribution in [3.63, 3.8) is 0 Å². The normalized spacial score (nSPS) is 16.2. The van der Waals surface area contributed by atoms with E-state index in [0.717, 1.165) is 54.7 Å². The second-order valence-corrected chi connectivity index (χ2v) is 7.25. The molecule has 1 aromatic carbocycles. The quantitative estimate of drug-likeness (QED) is 0.353. The summed E-state index contributed by atoms with van der Waals surface area (Å²) in [5.74, 6) is 0.756. The predicted molar refractivity (Wildman–Crippen MR) is 126 cm³/mol. The van der Waals surface area contributed by atoms with Crippen LogP contribution in [0.1, 0.15) is 29.8 Å². The molecule has 0 unspecified atom stereocenters. The molecule has 0 radical (unpaired) electrons. The van der Waals surface area contributed by atoms with Gasteiger partial charge in [0.2, 0.25) is 0 Å². The molecule has 1 aliphatic rings. The summed E-state index contributed by atoms with van der Waals surface area (Å²) in [6, 6.07) is 10.4. The summed E-state index contributed by atoms with van der Waals surface area (Å²) in [5, 5.41) is 11.4. The summed E-state index contributed by atoms with van der Waals surface area (Å²) in [6.45, 7) is 6.90. The number of nitrogens with zero attached hydrogens (tertiary/aromatic N) is 3. The number of guanidine groups is 1. The molecule has 7 nitrogen and oxygen atoms in total. The molecule has 0 aliphatic carbocycles. The zero-order valence-electron chi connectivity index (χ0n) is 17.7. The summed E-state index contributed by atoms with van der Waals surface area (Å²) in [7, 11) is 3.56. The van der Waals surface area contributed by atoms with Gasteiger partial charge in [0, 0.05) is 59.0 Å². The summed E-state index contributed by atoms with van der Waals surface area (Å²) >= 11 is 0. The maximum atomic E-state index is 5.79. The number of hydrogen-bond acceptors (Lipinski definition) is 4. The van der Waals surface area contributed by atoms with E-state index >= 15 is 0 Å². The average Bonchev–Trinajstić information content (AvgIpc) is 3.07. The first kappa shape index (κ1) is 23.6. The van der Waals surface area contributed by atoms with Crippen LogP contribution in [0.4, 0.5) is 0 Å². The molecule has 0 spiro atoms. The first-order valence-electron chi connectivity index (χ1n) is 9.76. The zero-order chi connectivity index (χ0) is 20.0. The number of ether oxygens (including phenoxy) is 2. The third-order valence-electron chi connectivity index (χ3n) is 5.31. The molecule has 2 N–H and O–H groups in total. The second kappa shape index (κ2) is 10.9. The molecule has 1 fully saturated rings. The summed E-state index contributed by atoms with van der Waals surface area (Å²) in [5.41, 5.74) is 4.17. The Balaban J connectivity index is 0.00000300. The van der Waals surface area contributed by atoms with E-state index < -0.39 is 0 Å². The Labute approximate surface area is 190 Å². The number of halogens is 1. The van der Waals surface area contributed by atoms with Crippen molar-refractivity contribution in [3.8, 4) is 5.69 Å². The van der Waals surface area contributed by atoms with E-state index in [-0.39, 0.29) is 29.6 Å². The molecule has 160 valence electrons. The smallest absolute Gasteiger partial charge is 0.191 e. The molecule has 2 heterocycles. The minimum Gasteiger partial charge on any atom is -0.381 e. The molecular weight excluding hydrogens is 481 g/mol. The van der Waals surface area contributed by atoms with E-state index in [1.165, 1.54) is 0 Å². The van der Waals surface area contributed by atoms with E-state index in [2.05, 4.69) is 45.8 Å². The van der Waals surface area contributed by atoms with Gasteiger partial charge in [-0.1, -0.05) is 18.2 Å². The maximum Gasteiger partial charge on any atom is 0.191 e. The van der Waals surface area contributed by atoms with Crippen molar-refractivity contribution in [2.75, 3.05) is 33.9 Å². The number of aliphatic imine (C=N–C) groups is 1. The fourth-order valence-electron chi connectivity index (χ4n) is 3.58. The second-order valence-electron chi connectivity index (χ2n) is 7.25. The lowest BCUT2D eigenvalue weighted by atomic mass is 9.94. The Hall–Kier alpha value is -1.65. The van der Waals surface area contributed by atoms with E-state index in [0.29, 0.717) is 13.1 Å². The monoisotopic (exact) mass is 513 g/mol. The van der Waals surface area contributed by atoms with Crippen LogP contribution in [0.3, 0.4) is 0 Å². The number of hydrogen-bond donors (Lipinski definition) is 2. The lowest BCUT2D eigenvalue weighted by Gasteiger charge is -2.36. The first-order chi connectivity index (χ1) is 13.6. The van der Waals surface area contributed by atoms with Crippen molar-refractivity contribution in [3.05, 3.63) is 47.3 Å². The molecule has 2 aromatic rings. The zero-order valence-corrected chi connectivity index (χ0v) is 20.0. The van der Waals surface area contributed by atoms with Gasteiger partial charge in [-0.2, -0.15) is 5.10 Å². The van der Waals surface area contributed by atoms with Gasteiger partial charge in [-0.15, -0.1) is 24.0 Å². The van der Waals surface area contributed by atoms with Crippen molar-refractivity contribution >= 4 is 29.9 Å². The van der Waals surface area contributed by atoms with Crippen LogP contribution in [0.25, 0.3) is 5.69 Å². The minimum atomic E-state index is -0.197. The lowest BCUT2D eigenvalue weighted by Crippen LogP contribution is -2.50. The topological polar surface area (TPSA) is 72.7 Å². The summed E-state index contributed by atoms with van der Waals surface area (Å²) in [4.78, 5) is 4.36. The number of para-hydroxylation sites is 1. The van der Waals surface area contributed by atoms with Crippen molar-refractivity contribution in [2.45, 2.75) is 38.8 Å². The van der Waals surface area contributed by atoms with Crippen molar-refractivity contribution in [1.29, 1.82) is 0 Å². The Morgan fingerprint density at radius 1 is 1.24 bits per heavy atom. The molecule has 0 bridgehead atoms. The molecule has 0 saturated carbocycles. The van der Waals surface area contributed by atoms with Gasteiger partial charge in [-0.05, 0) is 31.5 Å². The Morgan fingerprint density at radius 2 is 1.97 bits per heavy atom. The Kier molecular flexibility index (Phi) is 8.91. The number of aryl methyl sites for hydroxylation is 2. The SMILES string of the molecule is CN=C(NCc1ccccc1-n1nc(C)cc1C)NCC1(OC)CCOCC1.I. The fourth-order valence-corrected chi connectivity index (χ4v) is 3.58. The van der Waals surface area contributed by atoms with Crippen molar-refractivity contribution < 1.29 is 9.47 Å². The van der Waals surface area contributed by atoms with Gasteiger partial charge in [-0.3, -0.25) is 4.99 Å². The molecule has 0 amide bonds. The molecule has 29 heavy (non-hydrogen) atoms. The van der Waals surface area contributed by atoms with Gasteiger partial charge in [0.05, 0.1) is 17.0 Å². The van der Waals surface area contributed by atoms with Crippen LogP contribution in [-0.4, -0.2) is 55.3 Å². The van der Waals surface area contributed by atoms with Gasteiger partial charge in [-0.25, -0.2) is 4.68 Å². The highest BCUT2D eigenvalue weighted by Crippen LogP contribution is 2.23. The van der Waals surface area contributed by atoms with Gasteiger partial charge >= 0.3 is 0 Å². The molecule has 1 aliphatic heterocycles. The number of methoxy groups -OCH3 is 1. The van der Waals surface area contributed by atoms with E-state index in [9.17, 15) is 0 Å². The van der Waals surface area contributed by atoms with Crippen LogP contribution in [0.15, 0.2) is 35.3 Å². The highest BCUT2D eigenvalue weighted by Gasteiger charge is 2.32. The molecule has 3 rings (SSSR count). The third kappa shape index (κ3) is 5.93. The maximum absolute atomic E-state index is 5.79. The summed E-state index contributed by atoms with van der Waals surface area (Å²) < 4.78 is 13.3. The number of aromatic nitrogens is 2. The molecule has 1 saturated heterocycles. The lowest BCUT2D eigenvalue weighted by molar-refractivity contribution is -0.0855. The van der Waals surface area contributed by atoms with Crippen LogP contribution in [0.5, 0.6) is 0 Å². The van der Waals surface area contributed by atoms with Crippen LogP contribution in [0, 0.1) is 13.8 Å². The Morgan fingerprint density at radius 3 is 2.59 bits per heavy atom. The number of rotatable bonds is 6. The van der Waals surface area contributed by atoms with Crippen molar-refractivity contribution in [1.82, 2.24) is 20.4 Å². The highest BCUT2D eigenvalue weighted by atomic mass is 127. The largest absolute Gasteiger partial charge is 0.381 e. The van der Waals surface area contributed by atoms with Gasteiger partial charge in [0.15, 0.2) is 5.96 Å². The minimum absolute atomic E-state index is 0. The van der Waals surface area contributed by atoms with Crippen molar-refractivity contribution in [2.24, 2.45) is 4.99 Å². The summed E-state index contributed by atoms with van der Waals surface area (Å²) in [6.07, 6.45) is 1.77. The number of nitrogens with one attached hydrogen (secondary N) is 2. The van der Waals surface area contributed by atoms with Gasteiger partial charge in [0.25, 0.3) is 0 Å². The van der Waals surface area contributed by atoms with E-state index in [1.807, 2.05) is 23.7 Å². The Bertz CT molecular complexity index is 815. The molecule has 1 aromatic heterocycles. The molecular formula is C21H32IN5O2. The first-order valence-corrected chi connectivity index (χ1v) is 9.76. The van der Waals surface area contributed by atoms with Gasteiger partial charge in [0.1, 0.15) is 0 Å². The van der Waals surface area contributed by atoms with E-state index in [4.69, 9.17) is 9.47 Å². The standard InChI is InChI=1S/C21H31N5O2.HI/c1-16-13-17(2)26(25-16)19-8-6-5-7-18(19)14-23-20(22-3)24-15-21(27-4)9-11-28-12-10-21;/h5-8,13H,9-12,14-15H2,1-4H3,(H2,22,23,24);1H. The van der Waals surface area contributed by atoms with Crippen LogP contribution in [-0.2, 0) is 16.0 Å². The van der Waals surface area contributed by atoms with Gasteiger partial charge < -0.3 is 20.1 Å². The van der Waals surface area contributed by atoms with Crippen LogP contribution >= 0.6 is 24.0 Å².